The Morgan fingerprint density at radius 2 is 1.91 bits per heavy atom. The summed E-state index contributed by atoms with van der Waals surface area (Å²) in [5.74, 6) is 1.17. The number of hydrogen-bond donors (Lipinski definition) is 1. The summed E-state index contributed by atoms with van der Waals surface area (Å²) < 4.78 is 5.37. The highest BCUT2D eigenvalue weighted by Crippen LogP contribution is 2.33. The third-order valence-corrected chi connectivity index (χ3v) is 6.68. The van der Waals surface area contributed by atoms with Crippen molar-refractivity contribution < 1.29 is 4.42 Å². The molecule has 34 heavy (non-hydrogen) atoms. The van der Waals surface area contributed by atoms with Gasteiger partial charge in [-0.3, -0.25) is 0 Å². The first-order chi connectivity index (χ1) is 16.6. The van der Waals surface area contributed by atoms with Crippen LogP contribution in [0.3, 0.4) is 0 Å². The molecule has 2 aromatic carbocycles. The lowest BCUT2D eigenvalue weighted by Crippen LogP contribution is -2.44. The standard InChI is InChI=1S/C26H23N5O2S/c1-17-7-8-22-20(13-17)19(14-23(32)33-22)16-34-26-29-24(18-5-3-2-4-6-18)21(15-27)25(30-26)31-11-9-28-10-12-31/h2-8,13-14,28H,9-12,16H2,1H3. The third-order valence-electron chi connectivity index (χ3n) is 5.79. The van der Waals surface area contributed by atoms with Crippen LogP contribution in [0.2, 0.25) is 0 Å². The number of benzene rings is 2. The van der Waals surface area contributed by atoms with E-state index in [1.165, 1.54) is 17.8 Å². The molecule has 170 valence electrons. The first-order valence-electron chi connectivity index (χ1n) is 11.1. The SMILES string of the molecule is Cc1ccc2oc(=O)cc(CSc3nc(-c4ccccc4)c(C#N)c(N4CCNCC4)n3)c2c1. The van der Waals surface area contributed by atoms with Crippen molar-refractivity contribution >= 4 is 28.5 Å². The van der Waals surface area contributed by atoms with Gasteiger partial charge in [-0.2, -0.15) is 5.26 Å². The first kappa shape index (κ1) is 22.1. The van der Waals surface area contributed by atoms with Crippen molar-refractivity contribution in [2.24, 2.45) is 0 Å². The van der Waals surface area contributed by atoms with Crippen LogP contribution >= 0.6 is 11.8 Å². The number of rotatable bonds is 5. The summed E-state index contributed by atoms with van der Waals surface area (Å²) in [5.41, 5.74) is 4.15. The number of nitrogens with zero attached hydrogens (tertiary/aromatic N) is 4. The molecule has 0 atom stereocenters. The molecule has 1 fully saturated rings. The van der Waals surface area contributed by atoms with Crippen LogP contribution in [0, 0.1) is 18.3 Å². The second kappa shape index (κ2) is 9.67. The number of nitrogens with one attached hydrogen (secondary N) is 1. The molecule has 0 saturated carbocycles. The second-order valence-electron chi connectivity index (χ2n) is 8.15. The minimum Gasteiger partial charge on any atom is -0.423 e. The van der Waals surface area contributed by atoms with Crippen LogP contribution in [-0.2, 0) is 5.75 Å². The molecule has 3 heterocycles. The average Bonchev–Trinajstić information content (AvgIpc) is 2.88. The molecular weight excluding hydrogens is 446 g/mol. The molecule has 0 radical (unpaired) electrons. The van der Waals surface area contributed by atoms with E-state index in [4.69, 9.17) is 14.4 Å². The van der Waals surface area contributed by atoms with Gasteiger partial charge in [0.2, 0.25) is 0 Å². The maximum absolute atomic E-state index is 12.1. The van der Waals surface area contributed by atoms with Crippen molar-refractivity contribution in [3.8, 4) is 17.3 Å². The van der Waals surface area contributed by atoms with Gasteiger partial charge in [0, 0.05) is 48.9 Å². The quantitative estimate of drug-likeness (QED) is 0.265. The van der Waals surface area contributed by atoms with Gasteiger partial charge in [-0.05, 0) is 24.6 Å². The van der Waals surface area contributed by atoms with Gasteiger partial charge < -0.3 is 14.6 Å². The zero-order chi connectivity index (χ0) is 23.5. The predicted octanol–water partition coefficient (Wildman–Crippen LogP) is 4.13. The molecule has 4 aromatic rings. The first-order valence-corrected chi connectivity index (χ1v) is 12.1. The summed E-state index contributed by atoms with van der Waals surface area (Å²) in [6.45, 7) is 5.23. The molecule has 0 spiro atoms. The zero-order valence-corrected chi connectivity index (χ0v) is 19.6. The van der Waals surface area contributed by atoms with Gasteiger partial charge in [0.15, 0.2) is 11.0 Å². The van der Waals surface area contributed by atoms with Crippen LogP contribution in [0.5, 0.6) is 0 Å². The van der Waals surface area contributed by atoms with Crippen molar-refractivity contribution in [2.75, 3.05) is 31.1 Å². The Morgan fingerprint density at radius 3 is 2.68 bits per heavy atom. The van der Waals surface area contributed by atoms with Crippen LogP contribution in [0.15, 0.2) is 69.0 Å². The molecule has 1 N–H and O–H groups in total. The molecule has 1 saturated heterocycles. The Morgan fingerprint density at radius 1 is 1.12 bits per heavy atom. The van der Waals surface area contributed by atoms with E-state index < -0.39 is 0 Å². The van der Waals surface area contributed by atoms with Crippen molar-refractivity contribution in [3.05, 3.63) is 81.7 Å². The van der Waals surface area contributed by atoms with Crippen LogP contribution in [0.4, 0.5) is 5.82 Å². The predicted molar refractivity (Wildman–Crippen MR) is 134 cm³/mol. The Hall–Kier alpha value is -3.67. The molecule has 2 aromatic heterocycles. The maximum Gasteiger partial charge on any atom is 0.336 e. The van der Waals surface area contributed by atoms with E-state index in [9.17, 15) is 10.1 Å². The van der Waals surface area contributed by atoms with Gasteiger partial charge in [0.1, 0.15) is 17.2 Å². The molecule has 1 aliphatic rings. The van der Waals surface area contributed by atoms with Gasteiger partial charge in [-0.15, -0.1) is 0 Å². The third kappa shape index (κ3) is 4.53. The van der Waals surface area contributed by atoms with Crippen molar-refractivity contribution in [2.45, 2.75) is 17.8 Å². The summed E-state index contributed by atoms with van der Waals surface area (Å²) in [6.07, 6.45) is 0. The van der Waals surface area contributed by atoms with E-state index in [2.05, 4.69) is 16.3 Å². The van der Waals surface area contributed by atoms with E-state index in [1.807, 2.05) is 55.5 Å². The topological polar surface area (TPSA) is 95.0 Å². The number of piperazine rings is 1. The van der Waals surface area contributed by atoms with E-state index in [1.54, 1.807) is 0 Å². The fourth-order valence-electron chi connectivity index (χ4n) is 4.11. The molecule has 0 aliphatic carbocycles. The minimum absolute atomic E-state index is 0.376. The molecule has 0 unspecified atom stereocenters. The van der Waals surface area contributed by atoms with E-state index in [0.29, 0.717) is 33.6 Å². The molecule has 7 nitrogen and oxygen atoms in total. The van der Waals surface area contributed by atoms with Crippen molar-refractivity contribution in [1.82, 2.24) is 15.3 Å². The van der Waals surface area contributed by atoms with Crippen LogP contribution in [0.25, 0.3) is 22.2 Å². The molecule has 0 bridgehead atoms. The van der Waals surface area contributed by atoms with Gasteiger partial charge in [0.25, 0.3) is 0 Å². The molecule has 0 amide bonds. The van der Waals surface area contributed by atoms with Crippen molar-refractivity contribution in [1.29, 1.82) is 5.26 Å². The largest absolute Gasteiger partial charge is 0.423 e. The number of thioether (sulfide) groups is 1. The number of nitriles is 1. The molecule has 5 rings (SSSR count). The minimum atomic E-state index is -0.376. The highest BCUT2D eigenvalue weighted by molar-refractivity contribution is 7.98. The van der Waals surface area contributed by atoms with Gasteiger partial charge in [0.05, 0.1) is 5.69 Å². The van der Waals surface area contributed by atoms with Gasteiger partial charge in [-0.25, -0.2) is 14.8 Å². The van der Waals surface area contributed by atoms with Crippen LogP contribution < -0.4 is 15.8 Å². The normalized spacial score (nSPS) is 13.7. The molecule has 8 heteroatoms. The Kier molecular flexibility index (Phi) is 6.30. The number of aromatic nitrogens is 2. The monoisotopic (exact) mass is 469 g/mol. The Labute approximate surface area is 201 Å². The number of aryl methyl sites for hydroxylation is 1. The highest BCUT2D eigenvalue weighted by Gasteiger charge is 2.22. The van der Waals surface area contributed by atoms with E-state index >= 15 is 0 Å². The Balaban J connectivity index is 1.57. The number of hydrogen-bond acceptors (Lipinski definition) is 8. The highest BCUT2D eigenvalue weighted by atomic mass is 32.2. The summed E-state index contributed by atoms with van der Waals surface area (Å²) in [7, 11) is 0. The average molecular weight is 470 g/mol. The smallest absolute Gasteiger partial charge is 0.336 e. The number of anilines is 1. The lowest BCUT2D eigenvalue weighted by molar-refractivity contribution is 0.559. The summed E-state index contributed by atoms with van der Waals surface area (Å²) in [6, 6.07) is 19.4. The summed E-state index contributed by atoms with van der Waals surface area (Å²) >= 11 is 1.45. The van der Waals surface area contributed by atoms with Gasteiger partial charge >= 0.3 is 5.63 Å². The Bertz CT molecular complexity index is 1440. The number of fused-ring (bicyclic) bond motifs is 1. The van der Waals surface area contributed by atoms with E-state index in [-0.39, 0.29) is 5.63 Å². The van der Waals surface area contributed by atoms with Crippen LogP contribution in [0.1, 0.15) is 16.7 Å². The van der Waals surface area contributed by atoms with Crippen LogP contribution in [-0.4, -0.2) is 36.1 Å². The lowest BCUT2D eigenvalue weighted by Gasteiger charge is -2.29. The fraction of sp³-hybridized carbons (Fsp3) is 0.231. The summed E-state index contributed by atoms with van der Waals surface area (Å²) in [4.78, 5) is 23.9. The van der Waals surface area contributed by atoms with Gasteiger partial charge in [-0.1, -0.05) is 53.7 Å². The fourth-order valence-corrected chi connectivity index (χ4v) is 4.94. The summed E-state index contributed by atoms with van der Waals surface area (Å²) in [5, 5.41) is 14.9. The zero-order valence-electron chi connectivity index (χ0n) is 18.7. The molecular formula is C26H23N5O2S. The maximum atomic E-state index is 12.1. The molecule has 1 aliphatic heterocycles. The lowest BCUT2D eigenvalue weighted by atomic mass is 10.1. The second-order valence-corrected chi connectivity index (χ2v) is 9.09. The van der Waals surface area contributed by atoms with E-state index in [0.717, 1.165) is 48.3 Å². The van der Waals surface area contributed by atoms with Crippen molar-refractivity contribution in [3.63, 3.8) is 0 Å².